The maximum atomic E-state index is 12.6. The molecular formula is C18H20F3N3O. The zero-order valence-corrected chi connectivity index (χ0v) is 14.1. The molecule has 1 aliphatic rings. The third-order valence-corrected chi connectivity index (χ3v) is 4.72. The predicted molar refractivity (Wildman–Crippen MR) is 86.7 cm³/mol. The van der Waals surface area contributed by atoms with Gasteiger partial charge in [-0.1, -0.05) is 12.1 Å². The van der Waals surface area contributed by atoms with Crippen LogP contribution in [0.1, 0.15) is 41.4 Å². The molecule has 0 atom stereocenters. The van der Waals surface area contributed by atoms with Crippen LogP contribution in [-0.2, 0) is 17.5 Å². The first-order chi connectivity index (χ1) is 11.7. The summed E-state index contributed by atoms with van der Waals surface area (Å²) in [6, 6.07) is 5.25. The highest BCUT2D eigenvalue weighted by Crippen LogP contribution is 2.43. The van der Waals surface area contributed by atoms with Crippen molar-refractivity contribution < 1.29 is 18.0 Å². The molecule has 3 rings (SSSR count). The number of hydrogen-bond acceptors (Lipinski definition) is 2. The van der Waals surface area contributed by atoms with E-state index < -0.39 is 11.7 Å². The Bertz CT molecular complexity index is 746. The molecule has 1 N–H and O–H groups in total. The largest absolute Gasteiger partial charge is 0.416 e. The fourth-order valence-electron chi connectivity index (χ4n) is 3.20. The van der Waals surface area contributed by atoms with Gasteiger partial charge in [0.25, 0.3) is 0 Å². The zero-order valence-electron chi connectivity index (χ0n) is 14.1. The highest BCUT2D eigenvalue weighted by molar-refractivity contribution is 5.79. The average molecular weight is 351 g/mol. The molecule has 1 heterocycles. The van der Waals surface area contributed by atoms with Crippen LogP contribution < -0.4 is 0 Å². The van der Waals surface area contributed by atoms with Crippen molar-refractivity contribution in [1.82, 2.24) is 14.9 Å². The van der Waals surface area contributed by atoms with Gasteiger partial charge in [0.05, 0.1) is 12.1 Å². The summed E-state index contributed by atoms with van der Waals surface area (Å²) in [5, 5.41) is 0. The number of alkyl halides is 3. The van der Waals surface area contributed by atoms with Crippen LogP contribution >= 0.6 is 0 Å². The Hall–Kier alpha value is -2.31. The standard InChI is InChI=1S/C18H20F3N3O/c1-11-9-22-16(23-11)10-24(2)17(25)14-7-13(8-14)12-3-5-15(6-4-12)18(19,20)21/h3-6,9,13-14H,7-8,10H2,1-2H3,(H,22,23). The van der Waals surface area contributed by atoms with Crippen LogP contribution in [0.2, 0.25) is 0 Å². The number of hydrogen-bond donors (Lipinski definition) is 1. The quantitative estimate of drug-likeness (QED) is 0.908. The number of aromatic amines is 1. The number of benzene rings is 1. The Morgan fingerprint density at radius 2 is 1.92 bits per heavy atom. The van der Waals surface area contributed by atoms with Crippen LogP contribution in [0.5, 0.6) is 0 Å². The van der Waals surface area contributed by atoms with Gasteiger partial charge in [-0.3, -0.25) is 4.79 Å². The molecule has 25 heavy (non-hydrogen) atoms. The number of carbonyl (C=O) groups is 1. The first-order valence-corrected chi connectivity index (χ1v) is 8.16. The fourth-order valence-corrected chi connectivity index (χ4v) is 3.20. The smallest absolute Gasteiger partial charge is 0.345 e. The molecule has 1 aromatic carbocycles. The summed E-state index contributed by atoms with van der Waals surface area (Å²) in [6.07, 6.45) is -1.25. The predicted octanol–water partition coefficient (Wildman–Crippen LogP) is 3.89. The summed E-state index contributed by atoms with van der Waals surface area (Å²) in [6.45, 7) is 2.33. The monoisotopic (exact) mass is 351 g/mol. The number of nitrogens with zero attached hydrogens (tertiary/aromatic N) is 2. The van der Waals surface area contributed by atoms with Gasteiger partial charge in [0.1, 0.15) is 5.82 Å². The summed E-state index contributed by atoms with van der Waals surface area (Å²) in [4.78, 5) is 21.4. The van der Waals surface area contributed by atoms with Crippen molar-refractivity contribution in [1.29, 1.82) is 0 Å². The van der Waals surface area contributed by atoms with Crippen molar-refractivity contribution in [2.75, 3.05) is 7.05 Å². The normalized spacial score (nSPS) is 20.2. The number of rotatable bonds is 4. The Balaban J connectivity index is 1.53. The van der Waals surface area contributed by atoms with E-state index in [2.05, 4.69) is 9.97 Å². The van der Waals surface area contributed by atoms with E-state index >= 15 is 0 Å². The Morgan fingerprint density at radius 1 is 1.28 bits per heavy atom. The lowest BCUT2D eigenvalue weighted by Crippen LogP contribution is -2.39. The van der Waals surface area contributed by atoms with Gasteiger partial charge in [-0.2, -0.15) is 13.2 Å². The molecule has 0 bridgehead atoms. The molecule has 1 saturated carbocycles. The average Bonchev–Trinajstić information content (AvgIpc) is 2.90. The first kappa shape index (κ1) is 17.5. The van der Waals surface area contributed by atoms with Crippen LogP contribution in [0.25, 0.3) is 0 Å². The molecule has 0 unspecified atom stereocenters. The van der Waals surface area contributed by atoms with Crippen molar-refractivity contribution >= 4 is 5.91 Å². The molecule has 0 aliphatic heterocycles. The molecule has 0 spiro atoms. The zero-order chi connectivity index (χ0) is 18.2. The second kappa shape index (κ2) is 6.54. The summed E-state index contributed by atoms with van der Waals surface area (Å²) < 4.78 is 37.8. The van der Waals surface area contributed by atoms with Gasteiger partial charge in [-0.25, -0.2) is 4.98 Å². The van der Waals surface area contributed by atoms with E-state index in [1.54, 1.807) is 18.1 Å². The van der Waals surface area contributed by atoms with Crippen LogP contribution in [0, 0.1) is 12.8 Å². The number of carbonyl (C=O) groups excluding carboxylic acids is 1. The Labute approximate surface area is 144 Å². The van der Waals surface area contributed by atoms with Crippen LogP contribution in [-0.4, -0.2) is 27.8 Å². The summed E-state index contributed by atoms with van der Waals surface area (Å²) in [5.41, 5.74) is 1.17. The number of imidazole rings is 1. The lowest BCUT2D eigenvalue weighted by atomic mass is 9.70. The molecule has 1 fully saturated rings. The van der Waals surface area contributed by atoms with E-state index in [-0.39, 0.29) is 17.7 Å². The van der Waals surface area contributed by atoms with Crippen molar-refractivity contribution in [3.05, 3.63) is 53.1 Å². The van der Waals surface area contributed by atoms with Gasteiger partial charge in [-0.15, -0.1) is 0 Å². The van der Waals surface area contributed by atoms with E-state index in [0.29, 0.717) is 19.4 Å². The van der Waals surface area contributed by atoms with E-state index in [0.717, 1.165) is 29.2 Å². The van der Waals surface area contributed by atoms with Crippen LogP contribution in [0.15, 0.2) is 30.5 Å². The summed E-state index contributed by atoms with van der Waals surface area (Å²) in [5.74, 6) is 0.869. The van der Waals surface area contributed by atoms with E-state index in [1.165, 1.54) is 12.1 Å². The maximum absolute atomic E-state index is 12.6. The number of H-pyrrole nitrogens is 1. The van der Waals surface area contributed by atoms with Gasteiger partial charge < -0.3 is 9.88 Å². The topological polar surface area (TPSA) is 49.0 Å². The number of aromatic nitrogens is 2. The van der Waals surface area contributed by atoms with Gasteiger partial charge in [0, 0.05) is 24.9 Å². The molecule has 134 valence electrons. The van der Waals surface area contributed by atoms with Crippen molar-refractivity contribution in [2.24, 2.45) is 5.92 Å². The lowest BCUT2D eigenvalue weighted by Gasteiger charge is -2.36. The van der Waals surface area contributed by atoms with Crippen LogP contribution in [0.3, 0.4) is 0 Å². The SMILES string of the molecule is Cc1cnc(CN(C)C(=O)C2CC(c3ccc(C(F)(F)F)cc3)C2)[nH]1. The number of halogens is 3. The molecule has 1 amide bonds. The van der Waals surface area contributed by atoms with E-state index in [1.807, 2.05) is 6.92 Å². The molecule has 0 radical (unpaired) electrons. The van der Waals surface area contributed by atoms with Gasteiger partial charge in [-0.05, 0) is 43.4 Å². The van der Waals surface area contributed by atoms with Gasteiger partial charge in [0.2, 0.25) is 5.91 Å². The molecular weight excluding hydrogens is 331 g/mol. The van der Waals surface area contributed by atoms with Crippen LogP contribution in [0.4, 0.5) is 13.2 Å². The molecule has 2 aromatic rings. The minimum absolute atomic E-state index is 0.0530. The number of nitrogens with one attached hydrogen (secondary N) is 1. The fraction of sp³-hybridized carbons (Fsp3) is 0.444. The summed E-state index contributed by atoms with van der Waals surface area (Å²) in [7, 11) is 1.74. The molecule has 1 aromatic heterocycles. The maximum Gasteiger partial charge on any atom is 0.416 e. The van der Waals surface area contributed by atoms with Crippen molar-refractivity contribution in [2.45, 2.75) is 38.4 Å². The second-order valence-electron chi connectivity index (χ2n) is 6.69. The minimum Gasteiger partial charge on any atom is -0.345 e. The second-order valence-corrected chi connectivity index (χ2v) is 6.69. The Morgan fingerprint density at radius 3 is 2.44 bits per heavy atom. The molecule has 7 heteroatoms. The number of amides is 1. The van der Waals surface area contributed by atoms with E-state index in [9.17, 15) is 18.0 Å². The van der Waals surface area contributed by atoms with Crippen molar-refractivity contribution in [3.63, 3.8) is 0 Å². The van der Waals surface area contributed by atoms with Gasteiger partial charge >= 0.3 is 6.18 Å². The third kappa shape index (κ3) is 3.86. The van der Waals surface area contributed by atoms with Gasteiger partial charge in [0.15, 0.2) is 0 Å². The van der Waals surface area contributed by atoms with E-state index in [4.69, 9.17) is 0 Å². The first-order valence-electron chi connectivity index (χ1n) is 8.16. The molecule has 4 nitrogen and oxygen atoms in total. The summed E-state index contributed by atoms with van der Waals surface area (Å²) >= 11 is 0. The third-order valence-electron chi connectivity index (χ3n) is 4.72. The molecule has 1 aliphatic carbocycles. The minimum atomic E-state index is -4.32. The number of aryl methyl sites for hydroxylation is 1. The highest BCUT2D eigenvalue weighted by atomic mass is 19.4. The lowest BCUT2D eigenvalue weighted by molar-refractivity contribution is -0.138. The highest BCUT2D eigenvalue weighted by Gasteiger charge is 2.37. The van der Waals surface area contributed by atoms with Crippen molar-refractivity contribution in [3.8, 4) is 0 Å². The molecule has 0 saturated heterocycles. The Kier molecular flexibility index (Phi) is 4.58.